The molecule has 0 heterocycles. The second kappa shape index (κ2) is 12.7. The molecule has 202 valence electrons. The van der Waals surface area contributed by atoms with Gasteiger partial charge in [0.15, 0.2) is 0 Å². The zero-order valence-electron chi connectivity index (χ0n) is 22.7. The lowest BCUT2D eigenvalue weighted by Gasteiger charge is -2.32. The minimum absolute atomic E-state index is 0.0854. The fourth-order valence-corrected chi connectivity index (χ4v) is 5.50. The molecular weight excluding hydrogens is 498 g/mol. The van der Waals surface area contributed by atoms with Gasteiger partial charge in [-0.1, -0.05) is 74.0 Å². The Morgan fingerprint density at radius 2 is 1.47 bits per heavy atom. The Bertz CT molecular complexity index is 1360. The van der Waals surface area contributed by atoms with E-state index in [9.17, 15) is 18.0 Å². The zero-order valence-corrected chi connectivity index (χ0v) is 23.5. The molecule has 0 aliphatic heterocycles. The summed E-state index contributed by atoms with van der Waals surface area (Å²) in [6, 6.07) is 22.0. The average molecular weight is 536 g/mol. The topological polar surface area (TPSA) is 86.8 Å². The molecular formula is C30H37N3O4S. The Morgan fingerprint density at radius 1 is 0.842 bits per heavy atom. The molecule has 0 aromatic heterocycles. The third-order valence-corrected chi connectivity index (χ3v) is 7.98. The number of aryl methyl sites for hydroxylation is 2. The number of amides is 2. The van der Waals surface area contributed by atoms with Crippen molar-refractivity contribution in [1.29, 1.82) is 0 Å². The van der Waals surface area contributed by atoms with Gasteiger partial charge >= 0.3 is 0 Å². The van der Waals surface area contributed by atoms with E-state index < -0.39 is 28.5 Å². The van der Waals surface area contributed by atoms with Crippen molar-refractivity contribution >= 4 is 27.5 Å². The third kappa shape index (κ3) is 7.44. The summed E-state index contributed by atoms with van der Waals surface area (Å²) in [5, 5.41) is 2.90. The molecule has 38 heavy (non-hydrogen) atoms. The van der Waals surface area contributed by atoms with Gasteiger partial charge in [-0.25, -0.2) is 8.42 Å². The molecule has 8 heteroatoms. The average Bonchev–Trinajstić information content (AvgIpc) is 2.88. The first-order chi connectivity index (χ1) is 18.0. The lowest BCUT2D eigenvalue weighted by Crippen LogP contribution is -2.51. The molecule has 0 fully saturated rings. The van der Waals surface area contributed by atoms with E-state index in [1.165, 1.54) is 17.0 Å². The van der Waals surface area contributed by atoms with Crippen LogP contribution in [0, 0.1) is 19.8 Å². The van der Waals surface area contributed by atoms with Crippen LogP contribution in [0.5, 0.6) is 0 Å². The van der Waals surface area contributed by atoms with Crippen LogP contribution in [0.15, 0.2) is 83.8 Å². The van der Waals surface area contributed by atoms with E-state index in [1.807, 2.05) is 58.0 Å². The molecule has 0 bridgehead atoms. The Labute approximate surface area is 226 Å². The first-order valence-electron chi connectivity index (χ1n) is 12.8. The molecule has 0 aliphatic rings. The summed E-state index contributed by atoms with van der Waals surface area (Å²) in [5.74, 6) is -0.507. The second-order valence-corrected chi connectivity index (χ2v) is 11.9. The van der Waals surface area contributed by atoms with E-state index in [-0.39, 0.29) is 23.3 Å². The Balaban J connectivity index is 2.00. The number of sulfonamides is 1. The Hall–Kier alpha value is -3.65. The molecule has 0 radical (unpaired) electrons. The molecule has 3 aromatic rings. The first-order valence-corrected chi connectivity index (χ1v) is 14.2. The molecule has 1 N–H and O–H groups in total. The van der Waals surface area contributed by atoms with Crippen LogP contribution >= 0.6 is 0 Å². The lowest BCUT2D eigenvalue weighted by atomic mass is 10.1. The van der Waals surface area contributed by atoms with Crippen molar-refractivity contribution in [2.75, 3.05) is 17.4 Å². The normalized spacial score (nSPS) is 12.2. The number of nitrogens with zero attached hydrogens (tertiary/aromatic N) is 2. The summed E-state index contributed by atoms with van der Waals surface area (Å²) >= 11 is 0. The summed E-state index contributed by atoms with van der Waals surface area (Å²) in [5.41, 5.74) is 3.13. The van der Waals surface area contributed by atoms with E-state index in [0.717, 1.165) is 21.0 Å². The van der Waals surface area contributed by atoms with Gasteiger partial charge in [0.1, 0.15) is 12.6 Å². The van der Waals surface area contributed by atoms with E-state index in [2.05, 4.69) is 5.32 Å². The van der Waals surface area contributed by atoms with Gasteiger partial charge in [-0.2, -0.15) is 0 Å². The van der Waals surface area contributed by atoms with Gasteiger partial charge in [0.2, 0.25) is 11.8 Å². The molecule has 0 saturated heterocycles. The summed E-state index contributed by atoms with van der Waals surface area (Å²) in [7, 11) is -4.06. The van der Waals surface area contributed by atoms with Gasteiger partial charge < -0.3 is 10.2 Å². The van der Waals surface area contributed by atoms with Gasteiger partial charge in [0, 0.05) is 13.1 Å². The van der Waals surface area contributed by atoms with Gasteiger partial charge in [-0.15, -0.1) is 0 Å². The number of carbonyl (C=O) groups is 2. The molecule has 0 spiro atoms. The van der Waals surface area contributed by atoms with Crippen molar-refractivity contribution in [1.82, 2.24) is 10.2 Å². The minimum atomic E-state index is -4.06. The van der Waals surface area contributed by atoms with Crippen LogP contribution in [0.4, 0.5) is 5.69 Å². The van der Waals surface area contributed by atoms with Gasteiger partial charge in [0.05, 0.1) is 10.6 Å². The van der Waals surface area contributed by atoms with Crippen molar-refractivity contribution < 1.29 is 18.0 Å². The highest BCUT2D eigenvalue weighted by Gasteiger charge is 2.32. The van der Waals surface area contributed by atoms with E-state index in [1.54, 1.807) is 43.3 Å². The monoisotopic (exact) mass is 535 g/mol. The molecule has 0 saturated carbocycles. The fourth-order valence-electron chi connectivity index (χ4n) is 4.07. The molecule has 1 atom stereocenters. The van der Waals surface area contributed by atoms with Crippen LogP contribution in [0.25, 0.3) is 0 Å². The zero-order chi connectivity index (χ0) is 27.9. The quantitative estimate of drug-likeness (QED) is 0.386. The van der Waals surface area contributed by atoms with Crippen LogP contribution in [-0.2, 0) is 26.2 Å². The van der Waals surface area contributed by atoms with E-state index in [4.69, 9.17) is 0 Å². The van der Waals surface area contributed by atoms with Gasteiger partial charge in [0.25, 0.3) is 10.0 Å². The van der Waals surface area contributed by atoms with Crippen LogP contribution in [0.1, 0.15) is 37.5 Å². The maximum atomic E-state index is 13.9. The maximum Gasteiger partial charge on any atom is 0.264 e. The molecule has 3 rings (SSSR count). The highest BCUT2D eigenvalue weighted by molar-refractivity contribution is 7.92. The number of hydrogen-bond acceptors (Lipinski definition) is 4. The van der Waals surface area contributed by atoms with Crippen LogP contribution in [-0.4, -0.2) is 44.3 Å². The van der Waals surface area contributed by atoms with Gasteiger partial charge in [-0.3, -0.25) is 13.9 Å². The predicted molar refractivity (Wildman–Crippen MR) is 151 cm³/mol. The molecule has 0 aliphatic carbocycles. The van der Waals surface area contributed by atoms with Gasteiger partial charge in [-0.05, 0) is 62.1 Å². The van der Waals surface area contributed by atoms with Crippen molar-refractivity contribution in [3.63, 3.8) is 0 Å². The van der Waals surface area contributed by atoms with Crippen LogP contribution < -0.4 is 9.62 Å². The summed E-state index contributed by atoms with van der Waals surface area (Å²) in [6.45, 7) is 9.69. The molecule has 0 unspecified atom stereocenters. The van der Waals surface area contributed by atoms with Crippen LogP contribution in [0.2, 0.25) is 0 Å². The summed E-state index contributed by atoms with van der Waals surface area (Å²) < 4.78 is 28.6. The number of rotatable bonds is 11. The number of nitrogens with one attached hydrogen (secondary N) is 1. The standard InChI is InChI=1S/C30H37N3O4S/c1-22(2)19-31-30(35)25(5)32(20-26-13-9-11-23(3)17-26)29(34)21-33(27-14-10-12-24(4)18-27)38(36,37)28-15-7-6-8-16-28/h6-18,22,25H,19-21H2,1-5H3,(H,31,35)/t25-/m1/s1. The fraction of sp³-hybridized carbons (Fsp3) is 0.333. The first kappa shape index (κ1) is 28.9. The smallest absolute Gasteiger partial charge is 0.264 e. The lowest BCUT2D eigenvalue weighted by molar-refractivity contribution is -0.139. The number of benzene rings is 3. The highest BCUT2D eigenvalue weighted by atomic mass is 32.2. The van der Waals surface area contributed by atoms with E-state index >= 15 is 0 Å². The Morgan fingerprint density at radius 3 is 2.08 bits per heavy atom. The summed E-state index contributed by atoms with van der Waals surface area (Å²) in [6.07, 6.45) is 0. The third-order valence-electron chi connectivity index (χ3n) is 6.19. The van der Waals surface area contributed by atoms with Crippen molar-refractivity contribution in [3.05, 3.63) is 95.6 Å². The van der Waals surface area contributed by atoms with Crippen molar-refractivity contribution in [2.24, 2.45) is 5.92 Å². The predicted octanol–water partition coefficient (Wildman–Crippen LogP) is 4.69. The largest absolute Gasteiger partial charge is 0.354 e. The number of anilines is 1. The molecule has 2 amide bonds. The maximum absolute atomic E-state index is 13.9. The summed E-state index contributed by atoms with van der Waals surface area (Å²) in [4.78, 5) is 28.5. The van der Waals surface area contributed by atoms with Crippen molar-refractivity contribution in [2.45, 2.75) is 52.1 Å². The molecule has 3 aromatic carbocycles. The second-order valence-electron chi connectivity index (χ2n) is 9.99. The number of carbonyl (C=O) groups excluding carboxylic acids is 2. The van der Waals surface area contributed by atoms with Crippen LogP contribution in [0.3, 0.4) is 0 Å². The number of hydrogen-bond donors (Lipinski definition) is 1. The van der Waals surface area contributed by atoms with Crippen molar-refractivity contribution in [3.8, 4) is 0 Å². The highest BCUT2D eigenvalue weighted by Crippen LogP contribution is 2.25. The molecule has 7 nitrogen and oxygen atoms in total. The SMILES string of the molecule is Cc1cccc(CN(C(=O)CN(c2cccc(C)c2)S(=O)(=O)c2ccccc2)[C@H](C)C(=O)NCC(C)C)c1. The minimum Gasteiger partial charge on any atom is -0.354 e. The Kier molecular flexibility index (Phi) is 9.69. The van der Waals surface area contributed by atoms with E-state index in [0.29, 0.717) is 12.2 Å².